The highest BCUT2D eigenvalue weighted by molar-refractivity contribution is 5.28. The number of aliphatic hydroxyl groups is 1. The average Bonchev–Trinajstić information content (AvgIpc) is 2.48. The first-order valence-corrected chi connectivity index (χ1v) is 8.18. The van der Waals surface area contributed by atoms with Crippen LogP contribution in [0.25, 0.3) is 0 Å². The summed E-state index contributed by atoms with van der Waals surface area (Å²) in [6.45, 7) is 5.18. The molecular formula is C18H30O2. The van der Waals surface area contributed by atoms with Crippen LogP contribution in [0.1, 0.15) is 76.9 Å². The van der Waals surface area contributed by atoms with Gasteiger partial charge in [0.05, 0.1) is 12.7 Å². The van der Waals surface area contributed by atoms with Gasteiger partial charge in [0.15, 0.2) is 0 Å². The summed E-state index contributed by atoms with van der Waals surface area (Å²) in [4.78, 5) is 0. The van der Waals surface area contributed by atoms with Crippen LogP contribution in [-0.2, 0) is 0 Å². The van der Waals surface area contributed by atoms with E-state index >= 15 is 0 Å². The summed E-state index contributed by atoms with van der Waals surface area (Å²) in [6, 6.07) is 7.91. The fourth-order valence-corrected chi connectivity index (χ4v) is 2.26. The summed E-state index contributed by atoms with van der Waals surface area (Å²) in [5, 5.41) is 10.1. The number of hydrogen-bond donors (Lipinski definition) is 1. The molecule has 114 valence electrons. The zero-order valence-electron chi connectivity index (χ0n) is 13.1. The molecule has 0 fully saturated rings. The first kappa shape index (κ1) is 17.0. The molecule has 1 N–H and O–H groups in total. The normalized spacial score (nSPS) is 12.3. The van der Waals surface area contributed by atoms with Crippen molar-refractivity contribution in [2.45, 2.75) is 71.3 Å². The standard InChI is InChI=1S/C18H30O2/c1-3-5-7-9-15-20-17-13-11-16(12-14-17)18(19)10-8-6-4-2/h11-14,18-19H,3-10,15H2,1-2H3. The van der Waals surface area contributed by atoms with Gasteiger partial charge >= 0.3 is 0 Å². The molecule has 1 unspecified atom stereocenters. The van der Waals surface area contributed by atoms with E-state index in [4.69, 9.17) is 4.74 Å². The SMILES string of the molecule is CCCCCCOc1ccc(C(O)CCCCC)cc1. The highest BCUT2D eigenvalue weighted by atomic mass is 16.5. The zero-order valence-corrected chi connectivity index (χ0v) is 13.1. The predicted molar refractivity (Wildman–Crippen MR) is 85.2 cm³/mol. The lowest BCUT2D eigenvalue weighted by Gasteiger charge is -2.12. The lowest BCUT2D eigenvalue weighted by Crippen LogP contribution is -1.99. The molecule has 0 aliphatic carbocycles. The fraction of sp³-hybridized carbons (Fsp3) is 0.667. The van der Waals surface area contributed by atoms with Gasteiger partial charge in [-0.05, 0) is 30.5 Å². The summed E-state index contributed by atoms with van der Waals surface area (Å²) in [7, 11) is 0. The number of unbranched alkanes of at least 4 members (excludes halogenated alkanes) is 5. The fourth-order valence-electron chi connectivity index (χ4n) is 2.26. The summed E-state index contributed by atoms with van der Waals surface area (Å²) < 4.78 is 5.70. The summed E-state index contributed by atoms with van der Waals surface area (Å²) >= 11 is 0. The van der Waals surface area contributed by atoms with Crippen LogP contribution in [0.5, 0.6) is 5.75 Å². The Morgan fingerprint density at radius 1 is 0.900 bits per heavy atom. The molecule has 1 aromatic rings. The molecule has 2 nitrogen and oxygen atoms in total. The van der Waals surface area contributed by atoms with Gasteiger partial charge in [-0.3, -0.25) is 0 Å². The summed E-state index contributed by atoms with van der Waals surface area (Å²) in [5.74, 6) is 0.908. The van der Waals surface area contributed by atoms with Crippen LogP contribution < -0.4 is 4.74 Å². The minimum atomic E-state index is -0.333. The smallest absolute Gasteiger partial charge is 0.119 e. The van der Waals surface area contributed by atoms with Crippen molar-refractivity contribution in [1.29, 1.82) is 0 Å². The minimum Gasteiger partial charge on any atom is -0.494 e. The first-order valence-electron chi connectivity index (χ1n) is 8.18. The van der Waals surface area contributed by atoms with E-state index in [2.05, 4.69) is 13.8 Å². The molecule has 20 heavy (non-hydrogen) atoms. The number of ether oxygens (including phenoxy) is 1. The second-order valence-electron chi connectivity index (χ2n) is 5.49. The summed E-state index contributed by atoms with van der Waals surface area (Å²) in [5.41, 5.74) is 0.999. The van der Waals surface area contributed by atoms with Gasteiger partial charge in [0.2, 0.25) is 0 Å². The lowest BCUT2D eigenvalue weighted by atomic mass is 10.0. The van der Waals surface area contributed by atoms with E-state index in [1.807, 2.05) is 24.3 Å². The third-order valence-corrected chi connectivity index (χ3v) is 3.61. The highest BCUT2D eigenvalue weighted by Crippen LogP contribution is 2.22. The van der Waals surface area contributed by atoms with Crippen molar-refractivity contribution in [3.63, 3.8) is 0 Å². The quantitative estimate of drug-likeness (QED) is 0.559. The molecule has 1 rings (SSSR count). The van der Waals surface area contributed by atoms with Crippen molar-refractivity contribution in [2.75, 3.05) is 6.61 Å². The topological polar surface area (TPSA) is 29.5 Å². The average molecular weight is 278 g/mol. The van der Waals surface area contributed by atoms with Gasteiger partial charge in [0.25, 0.3) is 0 Å². The van der Waals surface area contributed by atoms with Crippen LogP contribution in [0.2, 0.25) is 0 Å². The Kier molecular flexibility index (Phi) is 9.14. The van der Waals surface area contributed by atoms with E-state index in [9.17, 15) is 5.11 Å². The van der Waals surface area contributed by atoms with E-state index in [1.165, 1.54) is 32.1 Å². The van der Waals surface area contributed by atoms with Gasteiger partial charge < -0.3 is 9.84 Å². The van der Waals surface area contributed by atoms with Crippen molar-refractivity contribution >= 4 is 0 Å². The Labute approximate surface area is 124 Å². The first-order chi connectivity index (χ1) is 9.77. The second kappa shape index (κ2) is 10.7. The van der Waals surface area contributed by atoms with Crippen LogP contribution in [0, 0.1) is 0 Å². The molecule has 0 aliphatic rings. The van der Waals surface area contributed by atoms with Crippen LogP contribution in [0.4, 0.5) is 0 Å². The van der Waals surface area contributed by atoms with Crippen molar-refractivity contribution in [3.8, 4) is 5.75 Å². The molecule has 0 radical (unpaired) electrons. The highest BCUT2D eigenvalue weighted by Gasteiger charge is 2.06. The Morgan fingerprint density at radius 2 is 1.55 bits per heavy atom. The van der Waals surface area contributed by atoms with E-state index < -0.39 is 0 Å². The van der Waals surface area contributed by atoms with E-state index in [0.29, 0.717) is 0 Å². The van der Waals surface area contributed by atoms with Gasteiger partial charge in [0.1, 0.15) is 5.75 Å². The van der Waals surface area contributed by atoms with Crippen molar-refractivity contribution in [1.82, 2.24) is 0 Å². The molecule has 0 aromatic heterocycles. The number of rotatable bonds is 11. The maximum absolute atomic E-state index is 10.1. The van der Waals surface area contributed by atoms with Crippen molar-refractivity contribution < 1.29 is 9.84 Å². The molecule has 0 spiro atoms. The molecule has 0 bridgehead atoms. The van der Waals surface area contributed by atoms with Crippen LogP contribution in [0.3, 0.4) is 0 Å². The molecule has 0 aliphatic heterocycles. The molecule has 0 saturated carbocycles. The maximum atomic E-state index is 10.1. The summed E-state index contributed by atoms with van der Waals surface area (Å²) in [6.07, 6.45) is 8.89. The number of aliphatic hydroxyl groups excluding tert-OH is 1. The number of benzene rings is 1. The van der Waals surface area contributed by atoms with E-state index in [1.54, 1.807) is 0 Å². The Morgan fingerprint density at radius 3 is 2.20 bits per heavy atom. The van der Waals surface area contributed by atoms with Gasteiger partial charge in [-0.15, -0.1) is 0 Å². The lowest BCUT2D eigenvalue weighted by molar-refractivity contribution is 0.163. The predicted octanol–water partition coefficient (Wildman–Crippen LogP) is 5.26. The molecule has 0 amide bonds. The van der Waals surface area contributed by atoms with Gasteiger partial charge in [0, 0.05) is 0 Å². The largest absolute Gasteiger partial charge is 0.494 e. The van der Waals surface area contributed by atoms with Crippen LogP contribution in [0.15, 0.2) is 24.3 Å². The Hall–Kier alpha value is -1.02. The van der Waals surface area contributed by atoms with Crippen molar-refractivity contribution in [2.24, 2.45) is 0 Å². The van der Waals surface area contributed by atoms with E-state index in [-0.39, 0.29) is 6.10 Å². The maximum Gasteiger partial charge on any atom is 0.119 e. The second-order valence-corrected chi connectivity index (χ2v) is 5.49. The van der Waals surface area contributed by atoms with Gasteiger partial charge in [-0.25, -0.2) is 0 Å². The zero-order chi connectivity index (χ0) is 14.6. The molecule has 1 aromatic carbocycles. The Bertz CT molecular complexity index is 332. The molecular weight excluding hydrogens is 248 g/mol. The minimum absolute atomic E-state index is 0.333. The van der Waals surface area contributed by atoms with Gasteiger partial charge in [-0.1, -0.05) is 64.5 Å². The monoisotopic (exact) mass is 278 g/mol. The number of hydrogen-bond acceptors (Lipinski definition) is 2. The van der Waals surface area contributed by atoms with Crippen LogP contribution >= 0.6 is 0 Å². The Balaban J connectivity index is 2.28. The van der Waals surface area contributed by atoms with Crippen LogP contribution in [-0.4, -0.2) is 11.7 Å². The third-order valence-electron chi connectivity index (χ3n) is 3.61. The molecule has 0 heterocycles. The molecule has 0 saturated heterocycles. The van der Waals surface area contributed by atoms with Crippen molar-refractivity contribution in [3.05, 3.63) is 29.8 Å². The van der Waals surface area contributed by atoms with Gasteiger partial charge in [-0.2, -0.15) is 0 Å². The third kappa shape index (κ3) is 6.95. The molecule has 2 heteroatoms. The molecule has 1 atom stereocenters. The van der Waals surface area contributed by atoms with E-state index in [0.717, 1.165) is 37.2 Å².